The fraction of sp³-hybridized carbons (Fsp3) is 0.0417. The molecule has 0 fully saturated rings. The summed E-state index contributed by atoms with van der Waals surface area (Å²) in [5.41, 5.74) is 3.38. The Balaban J connectivity index is 1.81. The summed E-state index contributed by atoms with van der Waals surface area (Å²) in [5, 5.41) is 1.13. The quantitative estimate of drug-likeness (QED) is 0.345. The number of nitrogens with zero attached hydrogens (tertiary/aromatic N) is 2. The Bertz CT molecular complexity index is 1110. The van der Waals surface area contributed by atoms with E-state index in [1.807, 2.05) is 66.7 Å². The molecule has 0 radical (unpaired) electrons. The van der Waals surface area contributed by atoms with Crippen LogP contribution in [0.4, 0.5) is 0 Å². The number of rotatable bonds is 5. The first-order valence-corrected chi connectivity index (χ1v) is 9.83. The van der Waals surface area contributed by atoms with Crippen molar-refractivity contribution in [1.29, 1.82) is 0 Å². The first kappa shape index (κ1) is 19.3. The Morgan fingerprint density at radius 2 is 1.31 bits per heavy atom. The van der Waals surface area contributed by atoms with Gasteiger partial charge in [0.25, 0.3) is 0 Å². The van der Waals surface area contributed by atoms with Crippen molar-refractivity contribution in [3.63, 3.8) is 0 Å². The molecular weight excluding hydrogens is 403 g/mol. The number of carbonyl (C=O) groups is 1. The topological polar surface area (TPSA) is 42.9 Å². The predicted octanol–water partition coefficient (Wildman–Crippen LogP) is 6.54. The van der Waals surface area contributed by atoms with E-state index < -0.39 is 0 Å². The highest BCUT2D eigenvalue weighted by atomic mass is 35.5. The van der Waals surface area contributed by atoms with Crippen LogP contribution in [-0.4, -0.2) is 15.8 Å². The van der Waals surface area contributed by atoms with Crippen LogP contribution in [0.5, 0.6) is 0 Å². The average molecular weight is 419 g/mol. The van der Waals surface area contributed by atoms with Crippen molar-refractivity contribution >= 4 is 29.0 Å². The summed E-state index contributed by atoms with van der Waals surface area (Å²) < 4.78 is 0. The Morgan fingerprint density at radius 3 is 1.97 bits per heavy atom. The molecule has 5 heteroatoms. The van der Waals surface area contributed by atoms with Crippen LogP contribution in [0.2, 0.25) is 10.0 Å². The predicted molar refractivity (Wildman–Crippen MR) is 117 cm³/mol. The lowest BCUT2D eigenvalue weighted by molar-refractivity contribution is 0.0992. The number of hydrogen-bond donors (Lipinski definition) is 0. The van der Waals surface area contributed by atoms with Gasteiger partial charge in [0.15, 0.2) is 11.6 Å². The second kappa shape index (κ2) is 8.56. The molecule has 0 bridgehead atoms. The molecule has 0 N–H and O–H groups in total. The number of Topliss-reactive ketones (excluding diaryl/α,β-unsaturated/α-hetero) is 1. The van der Waals surface area contributed by atoms with Crippen LogP contribution in [0.25, 0.3) is 22.6 Å². The summed E-state index contributed by atoms with van der Waals surface area (Å²) in [7, 11) is 0. The summed E-state index contributed by atoms with van der Waals surface area (Å²) in [6.07, 6.45) is 0.154. The van der Waals surface area contributed by atoms with Crippen LogP contribution in [0.3, 0.4) is 0 Å². The van der Waals surface area contributed by atoms with E-state index in [2.05, 4.69) is 9.97 Å². The molecule has 142 valence electrons. The van der Waals surface area contributed by atoms with Gasteiger partial charge in [-0.05, 0) is 24.3 Å². The minimum absolute atomic E-state index is 0.0143. The van der Waals surface area contributed by atoms with E-state index in [1.165, 1.54) is 0 Å². The van der Waals surface area contributed by atoms with Crippen molar-refractivity contribution < 1.29 is 4.79 Å². The molecule has 0 atom stereocenters. The first-order valence-electron chi connectivity index (χ1n) is 9.08. The molecule has 0 aliphatic heterocycles. The van der Waals surface area contributed by atoms with E-state index in [1.54, 1.807) is 18.2 Å². The van der Waals surface area contributed by atoms with Crippen molar-refractivity contribution in [3.8, 4) is 22.6 Å². The minimum Gasteiger partial charge on any atom is -0.294 e. The molecule has 4 aromatic rings. The van der Waals surface area contributed by atoms with Gasteiger partial charge in [-0.15, -0.1) is 0 Å². The minimum atomic E-state index is -0.0143. The van der Waals surface area contributed by atoms with Gasteiger partial charge >= 0.3 is 0 Å². The highest BCUT2D eigenvalue weighted by Gasteiger charge is 2.15. The maximum absolute atomic E-state index is 12.7. The van der Waals surface area contributed by atoms with Crippen LogP contribution in [0.1, 0.15) is 16.1 Å². The lowest BCUT2D eigenvalue weighted by atomic mass is 10.0. The second-order valence-electron chi connectivity index (χ2n) is 6.49. The van der Waals surface area contributed by atoms with Crippen molar-refractivity contribution in [3.05, 3.63) is 106 Å². The van der Waals surface area contributed by atoms with Crippen LogP contribution >= 0.6 is 23.2 Å². The highest BCUT2D eigenvalue weighted by Crippen LogP contribution is 2.30. The Labute approximate surface area is 179 Å². The van der Waals surface area contributed by atoms with Gasteiger partial charge in [-0.2, -0.15) is 0 Å². The Kier molecular flexibility index (Phi) is 5.70. The van der Waals surface area contributed by atoms with Gasteiger partial charge in [-0.3, -0.25) is 4.79 Å². The zero-order valence-electron chi connectivity index (χ0n) is 15.3. The molecule has 0 spiro atoms. The van der Waals surface area contributed by atoms with Gasteiger partial charge in [-0.25, -0.2) is 9.97 Å². The normalized spacial score (nSPS) is 10.7. The SMILES string of the molecule is O=C(Cc1cc(-c2ccccc2Cl)nc(-c2ccccc2Cl)n1)c1ccccc1. The molecule has 1 heterocycles. The fourth-order valence-electron chi connectivity index (χ4n) is 3.05. The van der Waals surface area contributed by atoms with Crippen molar-refractivity contribution in [1.82, 2.24) is 9.97 Å². The van der Waals surface area contributed by atoms with E-state index in [-0.39, 0.29) is 12.2 Å². The third kappa shape index (κ3) is 4.37. The first-order chi connectivity index (χ1) is 14.1. The lowest BCUT2D eigenvalue weighted by Crippen LogP contribution is -2.07. The standard InChI is InChI=1S/C24H16Cl2N2O/c25-20-12-6-4-10-18(20)22-14-17(15-23(29)16-8-2-1-3-9-16)27-24(28-22)19-11-5-7-13-21(19)26/h1-14H,15H2. The number of hydrogen-bond acceptors (Lipinski definition) is 3. The summed E-state index contributed by atoms with van der Waals surface area (Å²) in [6, 6.07) is 25.8. The maximum Gasteiger partial charge on any atom is 0.168 e. The van der Waals surface area contributed by atoms with Crippen LogP contribution in [0.15, 0.2) is 84.9 Å². The number of ketones is 1. The van der Waals surface area contributed by atoms with E-state index >= 15 is 0 Å². The summed E-state index contributed by atoms with van der Waals surface area (Å²) in [5.74, 6) is 0.448. The van der Waals surface area contributed by atoms with Crippen LogP contribution < -0.4 is 0 Å². The molecule has 0 saturated heterocycles. The molecule has 0 unspecified atom stereocenters. The van der Waals surface area contributed by atoms with Gasteiger partial charge in [0.05, 0.1) is 22.8 Å². The molecule has 3 aromatic carbocycles. The van der Waals surface area contributed by atoms with Gasteiger partial charge < -0.3 is 0 Å². The lowest BCUT2D eigenvalue weighted by Gasteiger charge is -2.10. The number of benzene rings is 3. The molecule has 3 nitrogen and oxygen atoms in total. The van der Waals surface area contributed by atoms with Crippen molar-refractivity contribution in [2.45, 2.75) is 6.42 Å². The summed E-state index contributed by atoms with van der Waals surface area (Å²) in [6.45, 7) is 0. The molecule has 29 heavy (non-hydrogen) atoms. The van der Waals surface area contributed by atoms with Gasteiger partial charge in [0, 0.05) is 21.7 Å². The molecule has 0 aliphatic rings. The van der Waals surface area contributed by atoms with E-state index in [9.17, 15) is 4.79 Å². The smallest absolute Gasteiger partial charge is 0.168 e. The zero-order valence-corrected chi connectivity index (χ0v) is 16.9. The molecular formula is C24H16Cl2N2O. The molecule has 1 aromatic heterocycles. The summed E-state index contributed by atoms with van der Waals surface area (Å²) >= 11 is 12.8. The van der Waals surface area contributed by atoms with E-state index in [0.29, 0.717) is 38.4 Å². The van der Waals surface area contributed by atoms with Gasteiger partial charge in [0.1, 0.15) is 0 Å². The third-order valence-electron chi connectivity index (χ3n) is 4.48. The highest BCUT2D eigenvalue weighted by molar-refractivity contribution is 6.33. The number of aromatic nitrogens is 2. The van der Waals surface area contributed by atoms with Crippen molar-refractivity contribution in [2.75, 3.05) is 0 Å². The Hall–Kier alpha value is -3.01. The number of halogens is 2. The Morgan fingerprint density at radius 1 is 0.724 bits per heavy atom. The third-order valence-corrected chi connectivity index (χ3v) is 5.14. The number of carbonyl (C=O) groups excluding carboxylic acids is 1. The maximum atomic E-state index is 12.7. The van der Waals surface area contributed by atoms with E-state index in [0.717, 1.165) is 5.56 Å². The van der Waals surface area contributed by atoms with Crippen LogP contribution in [0, 0.1) is 0 Å². The molecule has 0 amide bonds. The molecule has 0 aliphatic carbocycles. The largest absolute Gasteiger partial charge is 0.294 e. The van der Waals surface area contributed by atoms with Crippen molar-refractivity contribution in [2.24, 2.45) is 0 Å². The van der Waals surface area contributed by atoms with Crippen LogP contribution in [-0.2, 0) is 6.42 Å². The van der Waals surface area contributed by atoms with E-state index in [4.69, 9.17) is 23.2 Å². The van der Waals surface area contributed by atoms with Gasteiger partial charge in [0.2, 0.25) is 0 Å². The average Bonchev–Trinajstić information content (AvgIpc) is 2.75. The fourth-order valence-corrected chi connectivity index (χ4v) is 3.50. The van der Waals surface area contributed by atoms with Gasteiger partial charge in [-0.1, -0.05) is 83.9 Å². The second-order valence-corrected chi connectivity index (χ2v) is 7.31. The molecule has 0 saturated carbocycles. The summed E-state index contributed by atoms with van der Waals surface area (Å²) in [4.78, 5) is 22.0. The molecule has 4 rings (SSSR count). The monoisotopic (exact) mass is 418 g/mol. The zero-order chi connectivity index (χ0) is 20.2.